The first kappa shape index (κ1) is 16.7. The lowest BCUT2D eigenvalue weighted by Crippen LogP contribution is -2.39. The van der Waals surface area contributed by atoms with E-state index >= 15 is 0 Å². The molecule has 0 spiro atoms. The monoisotopic (exact) mass is 326 g/mol. The molecule has 1 aliphatic heterocycles. The first-order valence-electron chi connectivity index (χ1n) is 7.52. The van der Waals surface area contributed by atoms with Crippen molar-refractivity contribution in [2.45, 2.75) is 45.4 Å². The third-order valence-corrected chi connectivity index (χ3v) is 6.25. The van der Waals surface area contributed by atoms with Crippen LogP contribution in [0.3, 0.4) is 0 Å². The van der Waals surface area contributed by atoms with Crippen molar-refractivity contribution >= 4 is 39.6 Å². The summed E-state index contributed by atoms with van der Waals surface area (Å²) in [5.41, 5.74) is 7.28. The predicted octanol–water partition coefficient (Wildman–Crippen LogP) is 4.52. The Kier molecular flexibility index (Phi) is 4.93. The maximum Gasteiger partial charge on any atom is 0.177 e. The highest BCUT2D eigenvalue weighted by atomic mass is 32.2. The highest BCUT2D eigenvalue weighted by Crippen LogP contribution is 2.46. The van der Waals surface area contributed by atoms with Crippen LogP contribution in [0.5, 0.6) is 0 Å². The lowest BCUT2D eigenvalue weighted by molar-refractivity contribution is 0.0944. The number of nitrogens with zero attached hydrogens (tertiary/aromatic N) is 1. The van der Waals surface area contributed by atoms with E-state index in [1.165, 1.54) is 17.8 Å². The molecule has 2 rings (SSSR count). The molecule has 0 unspecified atom stereocenters. The van der Waals surface area contributed by atoms with Gasteiger partial charge in [0.15, 0.2) is 5.78 Å². The van der Waals surface area contributed by atoms with E-state index in [0.717, 1.165) is 22.9 Å². The molecule has 0 amide bonds. The second-order valence-electron chi connectivity index (χ2n) is 6.89. The number of carbonyl (C=O) groups is 1. The Bertz CT molecular complexity index is 535. The number of nitrogens with two attached hydrogens (primary N) is 1. The number of rotatable bonds is 4. The van der Waals surface area contributed by atoms with Gasteiger partial charge in [0.05, 0.1) is 15.5 Å². The number of thioether (sulfide) groups is 1. The predicted molar refractivity (Wildman–Crippen MR) is 94.9 cm³/mol. The minimum Gasteiger partial charge on any atom is -0.396 e. The molecule has 21 heavy (non-hydrogen) atoms. The molecular weight excluding hydrogens is 300 g/mol. The van der Waals surface area contributed by atoms with Crippen molar-refractivity contribution in [3.63, 3.8) is 0 Å². The molecule has 1 aliphatic rings. The van der Waals surface area contributed by atoms with E-state index in [0.29, 0.717) is 11.1 Å². The highest BCUT2D eigenvalue weighted by molar-refractivity contribution is 7.99. The fraction of sp³-hybridized carbons (Fsp3) is 0.688. The van der Waals surface area contributed by atoms with Crippen molar-refractivity contribution in [3.05, 3.63) is 4.88 Å². The van der Waals surface area contributed by atoms with Crippen LogP contribution in [0.25, 0.3) is 0 Å². The Morgan fingerprint density at radius 2 is 2.10 bits per heavy atom. The molecule has 0 atom stereocenters. The largest absolute Gasteiger partial charge is 0.396 e. The van der Waals surface area contributed by atoms with Gasteiger partial charge in [-0.2, -0.15) is 0 Å². The fourth-order valence-electron chi connectivity index (χ4n) is 2.86. The van der Waals surface area contributed by atoms with Gasteiger partial charge in [-0.3, -0.25) is 4.79 Å². The number of Topliss-reactive ketones (excluding diaryl/α,β-unsaturated/α-hetero) is 1. The summed E-state index contributed by atoms with van der Waals surface area (Å²) < 4.78 is 0. The summed E-state index contributed by atoms with van der Waals surface area (Å²) in [6.07, 6.45) is 4.50. The van der Waals surface area contributed by atoms with Gasteiger partial charge in [-0.25, -0.2) is 0 Å². The summed E-state index contributed by atoms with van der Waals surface area (Å²) in [6, 6.07) is 0. The van der Waals surface area contributed by atoms with Crippen molar-refractivity contribution in [1.29, 1.82) is 0 Å². The number of carbonyl (C=O) groups excluding carboxylic acids is 1. The van der Waals surface area contributed by atoms with Gasteiger partial charge in [-0.15, -0.1) is 23.1 Å². The number of ketones is 1. The molecule has 2 heterocycles. The number of nitrogen functional groups attached to an aromatic ring is 1. The van der Waals surface area contributed by atoms with E-state index in [4.69, 9.17) is 5.73 Å². The number of hydrogen-bond acceptors (Lipinski definition) is 5. The molecule has 0 aromatic carbocycles. The smallest absolute Gasteiger partial charge is 0.177 e. The summed E-state index contributed by atoms with van der Waals surface area (Å²) in [4.78, 5) is 16.6. The molecule has 1 aromatic rings. The molecule has 118 valence electrons. The summed E-state index contributed by atoms with van der Waals surface area (Å²) in [5.74, 6) is 0.154. The molecule has 5 heteroatoms. The van der Waals surface area contributed by atoms with Gasteiger partial charge in [-0.05, 0) is 24.5 Å². The van der Waals surface area contributed by atoms with Crippen LogP contribution in [-0.4, -0.2) is 25.1 Å². The molecular formula is C16H26N2OS2. The lowest BCUT2D eigenvalue weighted by atomic mass is 9.84. The Hall–Kier alpha value is -0.680. The number of piperidine rings is 1. The Morgan fingerprint density at radius 3 is 2.62 bits per heavy atom. The van der Waals surface area contributed by atoms with Gasteiger partial charge >= 0.3 is 0 Å². The zero-order chi connectivity index (χ0) is 15.8. The second kappa shape index (κ2) is 6.21. The lowest BCUT2D eigenvalue weighted by Gasteiger charge is -2.39. The van der Waals surface area contributed by atoms with E-state index in [9.17, 15) is 4.79 Å². The maximum absolute atomic E-state index is 12.4. The topological polar surface area (TPSA) is 46.3 Å². The van der Waals surface area contributed by atoms with Gasteiger partial charge < -0.3 is 10.6 Å². The summed E-state index contributed by atoms with van der Waals surface area (Å²) in [7, 11) is 0. The molecule has 0 bridgehead atoms. The first-order valence-corrected chi connectivity index (χ1v) is 9.56. The average Bonchev–Trinajstić information content (AvgIpc) is 2.73. The SMILES string of the molecule is CSc1c(N2CCCC(C)(C)C2)sc(C(=O)C(C)C)c1N. The third-order valence-electron chi connectivity index (χ3n) is 4.02. The maximum atomic E-state index is 12.4. The number of anilines is 2. The van der Waals surface area contributed by atoms with Crippen molar-refractivity contribution in [1.82, 2.24) is 0 Å². The summed E-state index contributed by atoms with van der Waals surface area (Å²) in [5, 5.41) is 1.19. The van der Waals surface area contributed by atoms with Crippen molar-refractivity contribution < 1.29 is 4.79 Å². The van der Waals surface area contributed by atoms with Gasteiger partial charge in [0.1, 0.15) is 5.00 Å². The Labute approximate surface area is 136 Å². The van der Waals surface area contributed by atoms with Crippen LogP contribution in [-0.2, 0) is 0 Å². The highest BCUT2D eigenvalue weighted by Gasteiger charge is 2.31. The van der Waals surface area contributed by atoms with E-state index < -0.39 is 0 Å². The normalized spacial score (nSPS) is 18.3. The van der Waals surface area contributed by atoms with E-state index in [-0.39, 0.29) is 11.7 Å². The van der Waals surface area contributed by atoms with E-state index in [2.05, 4.69) is 18.7 Å². The van der Waals surface area contributed by atoms with Gasteiger partial charge in [0.2, 0.25) is 0 Å². The molecule has 2 N–H and O–H groups in total. The Morgan fingerprint density at radius 1 is 1.43 bits per heavy atom. The molecule has 1 fully saturated rings. The van der Waals surface area contributed by atoms with Gasteiger partial charge in [0.25, 0.3) is 0 Å². The standard InChI is InChI=1S/C16H26N2OS2/c1-10(2)12(19)13-11(17)14(20-5)15(21-13)18-8-6-7-16(3,4)9-18/h10H,6-9,17H2,1-5H3. The van der Waals surface area contributed by atoms with Crippen LogP contribution in [0.15, 0.2) is 4.90 Å². The van der Waals surface area contributed by atoms with Crippen LogP contribution >= 0.6 is 23.1 Å². The van der Waals surface area contributed by atoms with Crippen LogP contribution in [0.4, 0.5) is 10.7 Å². The molecule has 0 radical (unpaired) electrons. The van der Waals surface area contributed by atoms with E-state index in [1.54, 1.807) is 23.1 Å². The summed E-state index contributed by atoms with van der Waals surface area (Å²) >= 11 is 3.24. The number of thiophene rings is 1. The average molecular weight is 327 g/mol. The van der Waals surface area contributed by atoms with Gasteiger partial charge in [0, 0.05) is 19.0 Å². The quantitative estimate of drug-likeness (QED) is 0.653. The zero-order valence-corrected chi connectivity index (χ0v) is 15.3. The molecule has 0 aliphatic carbocycles. The minimum atomic E-state index is -0.00805. The number of hydrogen-bond donors (Lipinski definition) is 1. The van der Waals surface area contributed by atoms with Gasteiger partial charge in [-0.1, -0.05) is 27.7 Å². The molecule has 1 aromatic heterocycles. The molecule has 0 saturated carbocycles. The summed E-state index contributed by atoms with van der Waals surface area (Å²) in [6.45, 7) is 10.6. The van der Waals surface area contributed by atoms with Crippen molar-refractivity contribution in [3.8, 4) is 0 Å². The van der Waals surface area contributed by atoms with Crippen LogP contribution in [0, 0.1) is 11.3 Å². The van der Waals surface area contributed by atoms with Crippen LogP contribution in [0.1, 0.15) is 50.2 Å². The first-order chi connectivity index (χ1) is 9.76. The second-order valence-corrected chi connectivity index (χ2v) is 8.71. The van der Waals surface area contributed by atoms with Crippen LogP contribution in [0.2, 0.25) is 0 Å². The van der Waals surface area contributed by atoms with Crippen molar-refractivity contribution in [2.75, 3.05) is 30.0 Å². The fourth-order valence-corrected chi connectivity index (χ4v) is 5.16. The van der Waals surface area contributed by atoms with E-state index in [1.807, 2.05) is 20.1 Å². The van der Waals surface area contributed by atoms with Crippen LogP contribution < -0.4 is 10.6 Å². The third kappa shape index (κ3) is 3.39. The zero-order valence-electron chi connectivity index (χ0n) is 13.7. The molecule has 1 saturated heterocycles. The molecule has 3 nitrogen and oxygen atoms in total. The minimum absolute atomic E-state index is 0.00805. The Balaban J connectivity index is 2.39. The van der Waals surface area contributed by atoms with Crippen molar-refractivity contribution in [2.24, 2.45) is 11.3 Å².